The van der Waals surface area contributed by atoms with Crippen LogP contribution in [0.1, 0.15) is 13.8 Å². The predicted octanol–water partition coefficient (Wildman–Crippen LogP) is -0.280. The predicted molar refractivity (Wildman–Crippen MR) is 44.3 cm³/mol. The molecule has 0 spiro atoms. The maximum atomic E-state index is 11.0. The minimum absolute atomic E-state index is 0.00424. The molecular weight excluding hydrogens is 154 g/mol. The van der Waals surface area contributed by atoms with Gasteiger partial charge in [0.25, 0.3) is 0 Å². The van der Waals surface area contributed by atoms with Crippen LogP contribution in [0.4, 0.5) is 0 Å². The summed E-state index contributed by atoms with van der Waals surface area (Å²) in [4.78, 5) is 12.9. The number of hydrogen-bond donors (Lipinski definition) is 1. The summed E-state index contributed by atoms with van der Waals surface area (Å²) in [5, 5.41) is 11.3. The van der Waals surface area contributed by atoms with Gasteiger partial charge in [-0.2, -0.15) is 5.26 Å². The molecule has 1 N–H and O–H groups in total. The molecule has 66 valence electrons. The summed E-state index contributed by atoms with van der Waals surface area (Å²) in [6.07, 6.45) is 0. The molecule has 12 heavy (non-hydrogen) atoms. The van der Waals surface area contributed by atoms with Gasteiger partial charge in [-0.3, -0.25) is 9.69 Å². The highest BCUT2D eigenvalue weighted by Gasteiger charge is 2.32. The summed E-state index contributed by atoms with van der Waals surface area (Å²) >= 11 is 0. The first-order chi connectivity index (χ1) is 5.56. The van der Waals surface area contributed by atoms with E-state index in [4.69, 9.17) is 5.26 Å². The van der Waals surface area contributed by atoms with Crippen molar-refractivity contribution in [3.63, 3.8) is 0 Å². The third-order valence-corrected chi connectivity index (χ3v) is 2.17. The van der Waals surface area contributed by atoms with E-state index in [1.165, 1.54) is 0 Å². The van der Waals surface area contributed by atoms with E-state index in [2.05, 4.69) is 11.4 Å². The normalized spacial score (nSPS) is 22.9. The van der Waals surface area contributed by atoms with Gasteiger partial charge >= 0.3 is 0 Å². The Morgan fingerprint density at radius 1 is 1.75 bits per heavy atom. The largest absolute Gasteiger partial charge is 0.353 e. The molecule has 0 aromatic heterocycles. The molecule has 0 radical (unpaired) electrons. The highest BCUT2D eigenvalue weighted by Crippen LogP contribution is 2.15. The van der Waals surface area contributed by atoms with Crippen LogP contribution in [0.15, 0.2) is 0 Å². The zero-order chi connectivity index (χ0) is 9.19. The van der Waals surface area contributed by atoms with E-state index in [9.17, 15) is 4.79 Å². The number of carbonyl (C=O) groups is 1. The fourth-order valence-electron chi connectivity index (χ4n) is 1.23. The highest BCUT2D eigenvalue weighted by atomic mass is 16.2. The van der Waals surface area contributed by atoms with Crippen molar-refractivity contribution in [2.24, 2.45) is 0 Å². The average molecular weight is 167 g/mol. The van der Waals surface area contributed by atoms with Crippen molar-refractivity contribution in [1.82, 2.24) is 10.2 Å². The maximum Gasteiger partial charge on any atom is 0.234 e. The van der Waals surface area contributed by atoms with Gasteiger partial charge in [-0.05, 0) is 13.8 Å². The van der Waals surface area contributed by atoms with Crippen LogP contribution in [0, 0.1) is 11.3 Å². The van der Waals surface area contributed by atoms with Crippen molar-refractivity contribution in [3.8, 4) is 6.07 Å². The van der Waals surface area contributed by atoms with E-state index in [0.29, 0.717) is 19.6 Å². The van der Waals surface area contributed by atoms with Gasteiger partial charge in [0, 0.05) is 12.1 Å². The van der Waals surface area contributed by atoms with Gasteiger partial charge in [0.1, 0.15) is 0 Å². The van der Waals surface area contributed by atoms with Crippen LogP contribution in [0.3, 0.4) is 0 Å². The number of rotatable bonds is 1. The van der Waals surface area contributed by atoms with Gasteiger partial charge in [-0.15, -0.1) is 0 Å². The first-order valence-electron chi connectivity index (χ1n) is 3.95. The van der Waals surface area contributed by atoms with Gasteiger partial charge in [-0.1, -0.05) is 0 Å². The zero-order valence-corrected chi connectivity index (χ0v) is 7.42. The second-order valence-electron chi connectivity index (χ2n) is 3.60. The number of carbonyl (C=O) groups excluding carboxylic acids is 1. The van der Waals surface area contributed by atoms with Crippen molar-refractivity contribution in [3.05, 3.63) is 0 Å². The number of nitriles is 1. The van der Waals surface area contributed by atoms with Crippen LogP contribution < -0.4 is 5.32 Å². The highest BCUT2D eigenvalue weighted by molar-refractivity contribution is 5.79. The van der Waals surface area contributed by atoms with E-state index >= 15 is 0 Å². The van der Waals surface area contributed by atoms with E-state index in [1.54, 1.807) is 0 Å². The van der Waals surface area contributed by atoms with E-state index < -0.39 is 0 Å². The number of nitrogens with one attached hydrogen (secondary N) is 1. The third-order valence-electron chi connectivity index (χ3n) is 2.17. The number of amides is 1. The molecule has 0 unspecified atom stereocenters. The fourth-order valence-corrected chi connectivity index (χ4v) is 1.23. The summed E-state index contributed by atoms with van der Waals surface area (Å²) < 4.78 is 0. The van der Waals surface area contributed by atoms with E-state index in [1.807, 2.05) is 18.7 Å². The number of nitrogens with zero attached hydrogens (tertiary/aromatic N) is 2. The summed E-state index contributed by atoms with van der Waals surface area (Å²) in [6.45, 7) is 5.31. The lowest BCUT2D eigenvalue weighted by atomic mass is 10.0. The molecule has 1 aliphatic heterocycles. The molecule has 0 bridgehead atoms. The smallest absolute Gasteiger partial charge is 0.234 e. The standard InChI is InChI=1S/C8H13N3O/c1-8(2)6-10-7(12)5-11(8)4-3-9/h4-6H2,1-2H3,(H,10,12). The molecule has 4 nitrogen and oxygen atoms in total. The van der Waals surface area contributed by atoms with Crippen molar-refractivity contribution in [1.29, 1.82) is 5.26 Å². The van der Waals surface area contributed by atoms with Crippen LogP contribution >= 0.6 is 0 Å². The summed E-state index contributed by atoms with van der Waals surface area (Å²) in [7, 11) is 0. The molecule has 0 aromatic rings. The Labute approximate surface area is 72.2 Å². The first kappa shape index (κ1) is 9.01. The van der Waals surface area contributed by atoms with Crippen LogP contribution in [0.2, 0.25) is 0 Å². The Morgan fingerprint density at radius 3 is 3.00 bits per heavy atom. The Morgan fingerprint density at radius 2 is 2.42 bits per heavy atom. The van der Waals surface area contributed by atoms with Crippen LogP contribution in [-0.2, 0) is 4.79 Å². The Hall–Kier alpha value is -1.08. The SMILES string of the molecule is CC1(C)CNC(=O)CN1CC#N. The minimum Gasteiger partial charge on any atom is -0.353 e. The summed E-state index contributed by atoms with van der Waals surface area (Å²) in [6, 6.07) is 2.06. The van der Waals surface area contributed by atoms with Crippen molar-refractivity contribution >= 4 is 5.91 Å². The average Bonchev–Trinajstić information content (AvgIpc) is 1.98. The first-order valence-corrected chi connectivity index (χ1v) is 3.95. The second-order valence-corrected chi connectivity index (χ2v) is 3.60. The van der Waals surface area contributed by atoms with Gasteiger partial charge in [0.2, 0.25) is 5.91 Å². The molecule has 0 atom stereocenters. The Bertz CT molecular complexity index is 229. The second kappa shape index (κ2) is 3.11. The van der Waals surface area contributed by atoms with Gasteiger partial charge in [-0.25, -0.2) is 0 Å². The molecule has 1 rings (SSSR count). The molecule has 4 heteroatoms. The summed E-state index contributed by atoms with van der Waals surface area (Å²) in [5.41, 5.74) is -0.0936. The monoisotopic (exact) mass is 167 g/mol. The third kappa shape index (κ3) is 1.74. The fraction of sp³-hybridized carbons (Fsp3) is 0.750. The maximum absolute atomic E-state index is 11.0. The minimum atomic E-state index is -0.0936. The molecular formula is C8H13N3O. The molecule has 0 aliphatic carbocycles. The quantitative estimate of drug-likeness (QED) is 0.546. The van der Waals surface area contributed by atoms with Crippen molar-refractivity contribution in [2.75, 3.05) is 19.6 Å². The topological polar surface area (TPSA) is 56.1 Å². The molecule has 1 aliphatic rings. The lowest BCUT2D eigenvalue weighted by Crippen LogP contribution is -2.60. The lowest BCUT2D eigenvalue weighted by Gasteiger charge is -2.40. The molecule has 0 aromatic carbocycles. The van der Waals surface area contributed by atoms with E-state index in [-0.39, 0.29) is 11.4 Å². The van der Waals surface area contributed by atoms with Crippen molar-refractivity contribution in [2.45, 2.75) is 19.4 Å². The number of piperazine rings is 1. The summed E-state index contributed by atoms with van der Waals surface area (Å²) in [5.74, 6) is 0.00424. The van der Waals surface area contributed by atoms with Gasteiger partial charge < -0.3 is 5.32 Å². The molecule has 1 amide bonds. The molecule has 0 saturated carbocycles. The van der Waals surface area contributed by atoms with Crippen LogP contribution in [0.5, 0.6) is 0 Å². The van der Waals surface area contributed by atoms with Crippen LogP contribution in [-0.4, -0.2) is 36.0 Å². The molecule has 1 heterocycles. The van der Waals surface area contributed by atoms with Gasteiger partial charge in [0.15, 0.2) is 0 Å². The Kier molecular flexibility index (Phi) is 2.34. The van der Waals surface area contributed by atoms with E-state index in [0.717, 1.165) is 0 Å². The lowest BCUT2D eigenvalue weighted by molar-refractivity contribution is -0.127. The Balaban J connectivity index is 2.66. The zero-order valence-electron chi connectivity index (χ0n) is 7.42. The van der Waals surface area contributed by atoms with Gasteiger partial charge in [0.05, 0.1) is 19.2 Å². The van der Waals surface area contributed by atoms with Crippen LogP contribution in [0.25, 0.3) is 0 Å². The number of hydrogen-bond acceptors (Lipinski definition) is 3. The molecule has 1 saturated heterocycles. The van der Waals surface area contributed by atoms with Crippen molar-refractivity contribution < 1.29 is 4.79 Å². The molecule has 1 fully saturated rings.